The number of pyridine rings is 1. The van der Waals surface area contributed by atoms with Crippen LogP contribution in [0.1, 0.15) is 29.2 Å². The molecule has 1 aromatic heterocycles. The van der Waals surface area contributed by atoms with Gasteiger partial charge in [0.1, 0.15) is 10.3 Å². The Morgan fingerprint density at radius 3 is 1.81 bits per heavy atom. The fraction of sp³-hybridized carbons (Fsp3) is 0.615. The molecule has 0 amide bonds. The third-order valence-corrected chi connectivity index (χ3v) is 4.38. The van der Waals surface area contributed by atoms with Crippen molar-refractivity contribution in [3.8, 4) is 0 Å². The van der Waals surface area contributed by atoms with Crippen molar-refractivity contribution in [2.45, 2.75) is 49.1 Å². The molecule has 1 saturated carbocycles. The van der Waals surface area contributed by atoms with Crippen LogP contribution in [0, 0.1) is 13.0 Å². The molecule has 1 fully saturated rings. The summed E-state index contributed by atoms with van der Waals surface area (Å²) in [5.74, 6) is -12.4. The number of hydrogen-bond acceptors (Lipinski definition) is 1. The van der Waals surface area contributed by atoms with Crippen LogP contribution in [0.3, 0.4) is 0 Å². The fourth-order valence-electron chi connectivity index (χ4n) is 2.63. The molecule has 1 nitrogen and oxygen atoms in total. The molecule has 0 bridgehead atoms. The summed E-state index contributed by atoms with van der Waals surface area (Å²) in [4.78, 5) is 2.72. The van der Waals surface area contributed by atoms with Gasteiger partial charge in [-0.25, -0.2) is 9.37 Å². The van der Waals surface area contributed by atoms with Gasteiger partial charge in [0.25, 0.3) is 0 Å². The van der Waals surface area contributed by atoms with Crippen LogP contribution in [0.2, 0.25) is 0 Å². The molecule has 147 valence electrons. The second-order valence-electron chi connectivity index (χ2n) is 5.65. The Kier molecular flexibility index (Phi) is 4.62. The van der Waals surface area contributed by atoms with Gasteiger partial charge in [0.2, 0.25) is 0 Å². The lowest BCUT2D eigenvalue weighted by atomic mass is 9.69. The van der Waals surface area contributed by atoms with E-state index in [0.717, 1.165) is 6.92 Å². The van der Waals surface area contributed by atoms with E-state index >= 15 is 0 Å². The number of aryl methyl sites for hydroxylation is 1. The Balaban J connectivity index is 2.82. The minimum Gasteiger partial charge on any atom is -0.241 e. The van der Waals surface area contributed by atoms with Crippen molar-refractivity contribution in [1.82, 2.24) is 4.98 Å². The van der Waals surface area contributed by atoms with Crippen molar-refractivity contribution in [1.29, 1.82) is 0 Å². The van der Waals surface area contributed by atoms with Crippen LogP contribution >= 0.6 is 15.9 Å². The van der Waals surface area contributed by atoms with Gasteiger partial charge in [0.05, 0.1) is 5.92 Å². The van der Waals surface area contributed by atoms with Gasteiger partial charge in [0.15, 0.2) is 0 Å². The Hall–Kier alpha value is -1.14. The third-order valence-electron chi connectivity index (χ3n) is 4.00. The van der Waals surface area contributed by atoms with E-state index in [2.05, 4.69) is 20.9 Å². The highest BCUT2D eigenvalue weighted by Gasteiger charge is 2.78. The first kappa shape index (κ1) is 21.2. The van der Waals surface area contributed by atoms with E-state index in [-0.39, 0.29) is 0 Å². The predicted octanol–water partition coefficient (Wildman–Crippen LogP) is 6.00. The average molecular weight is 465 g/mol. The summed E-state index contributed by atoms with van der Waals surface area (Å²) in [6.45, 7) is 0.741. The fourth-order valence-corrected chi connectivity index (χ4v) is 3.11. The molecule has 13 heteroatoms. The lowest BCUT2D eigenvalue weighted by molar-refractivity contribution is -0.351. The predicted molar refractivity (Wildman–Crippen MR) is 67.7 cm³/mol. The highest BCUT2D eigenvalue weighted by molar-refractivity contribution is 9.10. The van der Waals surface area contributed by atoms with Crippen molar-refractivity contribution >= 4 is 15.9 Å². The second-order valence-corrected chi connectivity index (χ2v) is 6.40. The van der Waals surface area contributed by atoms with E-state index in [9.17, 15) is 48.3 Å². The molecule has 1 radical (unpaired) electrons. The van der Waals surface area contributed by atoms with Crippen LogP contribution in [-0.4, -0.2) is 29.2 Å². The summed E-state index contributed by atoms with van der Waals surface area (Å²) in [5.41, 5.74) is -11.0. The summed E-state index contributed by atoms with van der Waals surface area (Å²) in [5, 5.41) is 0. The largest absolute Gasteiger partial charge is 0.437 e. The molecular weight excluding hydrogens is 459 g/mol. The van der Waals surface area contributed by atoms with E-state index in [4.69, 9.17) is 0 Å². The first-order chi connectivity index (χ1) is 11.4. The minimum atomic E-state index is -6.64. The van der Waals surface area contributed by atoms with Gasteiger partial charge < -0.3 is 0 Å². The third kappa shape index (κ3) is 2.76. The SMILES string of the molecule is Cc1[c]c(Br)nc(C(F)(C(F)(F)F)C(F)(F)F)c1C1CC(F)(F)C1(F)F. The van der Waals surface area contributed by atoms with Crippen LogP contribution in [0.25, 0.3) is 0 Å². The van der Waals surface area contributed by atoms with Gasteiger partial charge in [0, 0.05) is 12.5 Å². The summed E-state index contributed by atoms with van der Waals surface area (Å²) in [6, 6.07) is 1.99. The summed E-state index contributed by atoms with van der Waals surface area (Å²) in [7, 11) is 0. The van der Waals surface area contributed by atoms with Crippen molar-refractivity contribution in [3.63, 3.8) is 0 Å². The Bertz CT molecular complexity index is 708. The maximum Gasteiger partial charge on any atom is 0.437 e. The second kappa shape index (κ2) is 5.68. The first-order valence-electron chi connectivity index (χ1n) is 6.55. The van der Waals surface area contributed by atoms with Gasteiger partial charge in [-0.3, -0.25) is 0 Å². The molecule has 1 aliphatic carbocycles. The van der Waals surface area contributed by atoms with Gasteiger partial charge >= 0.3 is 29.9 Å². The average Bonchev–Trinajstić information content (AvgIpc) is 2.41. The van der Waals surface area contributed by atoms with Crippen molar-refractivity contribution in [3.05, 3.63) is 27.5 Å². The number of nitrogens with zero attached hydrogens (tertiary/aromatic N) is 1. The standard InChI is InChI=1S/C13H6BrF11N/c1-4-2-6(14)26-8(10(17,12(20,21)22)13(23,24)25)7(4)5-3-9(15,16)11(5,18)19/h5H,3H2,1H3. The minimum absolute atomic E-state index is 0.741. The molecule has 2 rings (SSSR count). The molecule has 26 heavy (non-hydrogen) atoms. The summed E-state index contributed by atoms with van der Waals surface area (Å²) in [6.07, 6.45) is -15.0. The molecule has 0 aromatic carbocycles. The molecular formula is C13H6BrF11N. The number of aromatic nitrogens is 1. The molecule has 1 heterocycles. The lowest BCUT2D eigenvalue weighted by Crippen LogP contribution is -2.59. The normalized spacial score (nSPS) is 22.9. The Labute approximate surface area is 146 Å². The zero-order valence-electron chi connectivity index (χ0n) is 12.3. The summed E-state index contributed by atoms with van der Waals surface area (Å²) < 4.78 is 145. The van der Waals surface area contributed by atoms with Gasteiger partial charge in [-0.1, -0.05) is 0 Å². The molecule has 1 aliphatic rings. The molecule has 1 unspecified atom stereocenters. The van der Waals surface area contributed by atoms with E-state index in [1.807, 2.05) is 6.07 Å². The Morgan fingerprint density at radius 2 is 1.46 bits per heavy atom. The maximum absolute atomic E-state index is 14.3. The van der Waals surface area contributed by atoms with Crippen LogP contribution in [-0.2, 0) is 5.67 Å². The maximum atomic E-state index is 14.3. The quantitative estimate of drug-likeness (QED) is 0.386. The van der Waals surface area contributed by atoms with Crippen LogP contribution in [0.5, 0.6) is 0 Å². The van der Waals surface area contributed by atoms with E-state index in [0.29, 0.717) is 0 Å². The van der Waals surface area contributed by atoms with E-state index < -0.39 is 63.6 Å². The van der Waals surface area contributed by atoms with E-state index in [1.54, 1.807) is 0 Å². The number of rotatable bonds is 2. The number of hydrogen-bond donors (Lipinski definition) is 0. The topological polar surface area (TPSA) is 12.9 Å². The van der Waals surface area contributed by atoms with Crippen molar-refractivity contribution < 1.29 is 48.3 Å². The van der Waals surface area contributed by atoms with Crippen LogP contribution in [0.4, 0.5) is 48.3 Å². The van der Waals surface area contributed by atoms with E-state index in [1.165, 1.54) is 0 Å². The number of halogens is 12. The molecule has 1 atom stereocenters. The van der Waals surface area contributed by atoms with Gasteiger partial charge in [-0.2, -0.15) is 43.9 Å². The van der Waals surface area contributed by atoms with Crippen molar-refractivity contribution in [2.24, 2.45) is 0 Å². The molecule has 0 aliphatic heterocycles. The lowest BCUT2D eigenvalue weighted by Gasteiger charge is -2.45. The number of alkyl halides is 11. The van der Waals surface area contributed by atoms with Gasteiger partial charge in [-0.05, 0) is 34.0 Å². The highest BCUT2D eigenvalue weighted by Crippen LogP contribution is 2.63. The smallest absolute Gasteiger partial charge is 0.241 e. The van der Waals surface area contributed by atoms with Crippen molar-refractivity contribution in [2.75, 3.05) is 0 Å². The monoisotopic (exact) mass is 464 g/mol. The molecule has 0 saturated heterocycles. The van der Waals surface area contributed by atoms with Gasteiger partial charge in [-0.15, -0.1) is 0 Å². The molecule has 1 aromatic rings. The molecule has 0 N–H and O–H groups in total. The zero-order chi connectivity index (χ0) is 20.5. The van der Waals surface area contributed by atoms with Crippen LogP contribution < -0.4 is 0 Å². The highest BCUT2D eigenvalue weighted by atomic mass is 79.9. The molecule has 0 spiro atoms. The summed E-state index contributed by atoms with van der Waals surface area (Å²) >= 11 is 2.41. The Morgan fingerprint density at radius 1 is 1.00 bits per heavy atom. The first-order valence-corrected chi connectivity index (χ1v) is 7.35. The zero-order valence-corrected chi connectivity index (χ0v) is 13.9. The van der Waals surface area contributed by atoms with Crippen LogP contribution in [0.15, 0.2) is 4.60 Å².